The zero-order chi connectivity index (χ0) is 10.2. The second-order valence-electron chi connectivity index (χ2n) is 4.00. The van der Waals surface area contributed by atoms with Gasteiger partial charge >= 0.3 is 0 Å². The zero-order valence-electron chi connectivity index (χ0n) is 7.91. The van der Waals surface area contributed by atoms with Gasteiger partial charge in [-0.1, -0.05) is 18.2 Å². The topological polar surface area (TPSA) is 46.2 Å². The Morgan fingerprint density at radius 1 is 1.50 bits per heavy atom. The third kappa shape index (κ3) is 1.33. The van der Waals surface area contributed by atoms with Crippen LogP contribution in [0.1, 0.15) is 17.9 Å². The average molecular weight is 195 g/mol. The summed E-state index contributed by atoms with van der Waals surface area (Å²) in [7, 11) is 0. The maximum absolute atomic E-state index is 13.4. The van der Waals surface area contributed by atoms with Crippen molar-refractivity contribution in [2.45, 2.75) is 12.3 Å². The molecule has 0 saturated heterocycles. The summed E-state index contributed by atoms with van der Waals surface area (Å²) in [5.41, 5.74) is 6.00. The van der Waals surface area contributed by atoms with E-state index >= 15 is 0 Å². The smallest absolute Gasteiger partial charge is 0.126 e. The first-order valence-corrected chi connectivity index (χ1v) is 4.79. The fraction of sp³-hybridized carbons (Fsp3) is 0.455. The van der Waals surface area contributed by atoms with Crippen LogP contribution in [-0.2, 0) is 0 Å². The Bertz CT molecular complexity index is 336. The number of aliphatic hydroxyl groups excluding tert-OH is 1. The summed E-state index contributed by atoms with van der Waals surface area (Å²) < 4.78 is 13.4. The van der Waals surface area contributed by atoms with Crippen LogP contribution in [-0.4, -0.2) is 18.3 Å². The van der Waals surface area contributed by atoms with Gasteiger partial charge in [-0.25, -0.2) is 4.39 Å². The normalized spacial score (nSPS) is 30.4. The summed E-state index contributed by atoms with van der Waals surface area (Å²) in [6.07, 6.45) is 0.793. The summed E-state index contributed by atoms with van der Waals surface area (Å²) >= 11 is 0. The molecule has 0 unspecified atom stereocenters. The zero-order valence-corrected chi connectivity index (χ0v) is 7.91. The van der Waals surface area contributed by atoms with E-state index in [1.807, 2.05) is 6.07 Å². The van der Waals surface area contributed by atoms with E-state index in [4.69, 9.17) is 5.73 Å². The van der Waals surface area contributed by atoms with Crippen LogP contribution in [0.25, 0.3) is 0 Å². The molecule has 0 aliphatic heterocycles. The lowest BCUT2D eigenvalue weighted by Crippen LogP contribution is -2.21. The molecule has 76 valence electrons. The lowest BCUT2D eigenvalue weighted by Gasteiger charge is -2.11. The van der Waals surface area contributed by atoms with Crippen molar-refractivity contribution < 1.29 is 9.50 Å². The predicted molar refractivity (Wildman–Crippen MR) is 52.3 cm³/mol. The van der Waals surface area contributed by atoms with Gasteiger partial charge in [-0.2, -0.15) is 0 Å². The quantitative estimate of drug-likeness (QED) is 0.762. The molecule has 1 aliphatic carbocycles. The van der Waals surface area contributed by atoms with Crippen LogP contribution < -0.4 is 5.73 Å². The van der Waals surface area contributed by atoms with Gasteiger partial charge in [0.1, 0.15) is 5.82 Å². The standard InChI is InChI=1S/C11H14FNO/c12-10-4-2-1-3-8(10)9-5-11(9,6-13)7-14/h1-4,9,14H,5-7,13H2/t9-,11-/m1/s1. The number of nitrogens with two attached hydrogens (primary N) is 1. The molecule has 1 saturated carbocycles. The van der Waals surface area contributed by atoms with Crippen molar-refractivity contribution in [3.8, 4) is 0 Å². The SMILES string of the molecule is NC[C@@]1(CO)C[C@@H]1c1ccccc1F. The molecular weight excluding hydrogens is 181 g/mol. The van der Waals surface area contributed by atoms with Crippen LogP contribution in [0.5, 0.6) is 0 Å². The van der Waals surface area contributed by atoms with Crippen LogP contribution >= 0.6 is 0 Å². The fourth-order valence-corrected chi connectivity index (χ4v) is 2.01. The van der Waals surface area contributed by atoms with Crippen LogP contribution in [0.4, 0.5) is 4.39 Å². The summed E-state index contributed by atoms with van der Waals surface area (Å²) in [4.78, 5) is 0. The molecule has 0 aromatic heterocycles. The molecule has 14 heavy (non-hydrogen) atoms. The van der Waals surface area contributed by atoms with Crippen LogP contribution in [0.3, 0.4) is 0 Å². The molecule has 1 aromatic carbocycles. The van der Waals surface area contributed by atoms with Crippen molar-refractivity contribution >= 4 is 0 Å². The van der Waals surface area contributed by atoms with Crippen LogP contribution in [0, 0.1) is 11.2 Å². The maximum Gasteiger partial charge on any atom is 0.126 e. The highest BCUT2D eigenvalue weighted by molar-refractivity contribution is 5.31. The molecule has 0 spiro atoms. The Balaban J connectivity index is 2.24. The first kappa shape index (κ1) is 9.62. The maximum atomic E-state index is 13.4. The second-order valence-corrected chi connectivity index (χ2v) is 4.00. The summed E-state index contributed by atoms with van der Waals surface area (Å²) in [5.74, 6) is -0.0972. The average Bonchev–Trinajstić information content (AvgIpc) is 2.94. The molecule has 2 nitrogen and oxygen atoms in total. The van der Waals surface area contributed by atoms with E-state index in [2.05, 4.69) is 0 Å². The van der Waals surface area contributed by atoms with Gasteiger partial charge in [0.05, 0.1) is 6.61 Å². The highest BCUT2D eigenvalue weighted by atomic mass is 19.1. The highest BCUT2D eigenvalue weighted by Gasteiger charge is 2.54. The van der Waals surface area contributed by atoms with E-state index in [9.17, 15) is 9.50 Å². The minimum absolute atomic E-state index is 0.0441. The predicted octanol–water partition coefficient (Wildman–Crippen LogP) is 1.25. The summed E-state index contributed by atoms with van der Waals surface area (Å²) in [6, 6.07) is 6.71. The van der Waals surface area contributed by atoms with Gasteiger partial charge in [0.25, 0.3) is 0 Å². The molecule has 3 heteroatoms. The fourth-order valence-electron chi connectivity index (χ4n) is 2.01. The van der Waals surface area contributed by atoms with E-state index in [1.54, 1.807) is 12.1 Å². The van der Waals surface area contributed by atoms with Gasteiger partial charge < -0.3 is 10.8 Å². The van der Waals surface area contributed by atoms with Gasteiger partial charge in [0, 0.05) is 12.0 Å². The van der Waals surface area contributed by atoms with Crippen molar-refractivity contribution in [3.63, 3.8) is 0 Å². The van der Waals surface area contributed by atoms with E-state index in [1.165, 1.54) is 6.07 Å². The molecule has 1 aliphatic rings. The molecule has 0 bridgehead atoms. The Hall–Kier alpha value is -0.930. The molecule has 0 heterocycles. The number of aliphatic hydroxyl groups is 1. The van der Waals surface area contributed by atoms with Crippen molar-refractivity contribution in [1.82, 2.24) is 0 Å². The molecule has 2 atom stereocenters. The minimum atomic E-state index is -0.262. The highest BCUT2D eigenvalue weighted by Crippen LogP contribution is 2.58. The Morgan fingerprint density at radius 2 is 2.21 bits per heavy atom. The molecule has 1 aromatic rings. The molecule has 2 rings (SSSR count). The first-order chi connectivity index (χ1) is 6.73. The number of benzene rings is 1. The van der Waals surface area contributed by atoms with Gasteiger partial charge in [-0.3, -0.25) is 0 Å². The third-order valence-electron chi connectivity index (χ3n) is 3.19. The summed E-state index contributed by atoms with van der Waals surface area (Å²) in [5, 5.41) is 9.18. The van der Waals surface area contributed by atoms with E-state index in [0.29, 0.717) is 12.1 Å². The van der Waals surface area contributed by atoms with Gasteiger partial charge in [0.2, 0.25) is 0 Å². The van der Waals surface area contributed by atoms with Crippen LogP contribution in [0.2, 0.25) is 0 Å². The lowest BCUT2D eigenvalue weighted by molar-refractivity contribution is 0.211. The van der Waals surface area contributed by atoms with Gasteiger partial charge in [-0.15, -0.1) is 0 Å². The second kappa shape index (κ2) is 3.33. The van der Waals surface area contributed by atoms with Crippen LogP contribution in [0.15, 0.2) is 24.3 Å². The van der Waals surface area contributed by atoms with Crippen molar-refractivity contribution in [2.24, 2.45) is 11.1 Å². The Morgan fingerprint density at radius 3 is 2.71 bits per heavy atom. The molecule has 3 N–H and O–H groups in total. The Labute approximate surface area is 82.5 Å². The number of hydrogen-bond acceptors (Lipinski definition) is 2. The van der Waals surface area contributed by atoms with Gasteiger partial charge in [0.15, 0.2) is 0 Å². The number of halogens is 1. The van der Waals surface area contributed by atoms with Crippen molar-refractivity contribution in [3.05, 3.63) is 35.6 Å². The molecule has 1 fully saturated rings. The minimum Gasteiger partial charge on any atom is -0.396 e. The van der Waals surface area contributed by atoms with Crippen molar-refractivity contribution in [1.29, 1.82) is 0 Å². The van der Waals surface area contributed by atoms with Crippen molar-refractivity contribution in [2.75, 3.05) is 13.2 Å². The van der Waals surface area contributed by atoms with E-state index in [-0.39, 0.29) is 23.8 Å². The monoisotopic (exact) mass is 195 g/mol. The lowest BCUT2D eigenvalue weighted by atomic mass is 10.00. The van der Waals surface area contributed by atoms with E-state index < -0.39 is 0 Å². The largest absolute Gasteiger partial charge is 0.396 e. The first-order valence-electron chi connectivity index (χ1n) is 4.79. The molecule has 0 amide bonds. The number of rotatable bonds is 3. The molecule has 0 radical (unpaired) electrons. The Kier molecular flexibility index (Phi) is 2.29. The van der Waals surface area contributed by atoms with E-state index in [0.717, 1.165) is 6.42 Å². The van der Waals surface area contributed by atoms with Gasteiger partial charge in [-0.05, 0) is 24.0 Å². The molecular formula is C11H14FNO. The number of hydrogen-bond donors (Lipinski definition) is 2. The third-order valence-corrected chi connectivity index (χ3v) is 3.19. The summed E-state index contributed by atoms with van der Waals surface area (Å²) in [6.45, 7) is 0.463.